The number of rotatable bonds is 6. The number of aryl methyl sites for hydroxylation is 2. The van der Waals surface area contributed by atoms with E-state index in [-0.39, 0.29) is 11.9 Å². The van der Waals surface area contributed by atoms with E-state index in [0.29, 0.717) is 13.0 Å². The van der Waals surface area contributed by atoms with Gasteiger partial charge in [0, 0.05) is 50.0 Å². The van der Waals surface area contributed by atoms with Crippen LogP contribution in [0.1, 0.15) is 24.8 Å². The molecule has 0 bridgehead atoms. The molecule has 6 nitrogen and oxygen atoms in total. The number of carbonyl (C=O) groups excluding carboxylic acids is 1. The molecule has 1 aliphatic heterocycles. The lowest BCUT2D eigenvalue weighted by Crippen LogP contribution is -2.48. The van der Waals surface area contributed by atoms with Crippen molar-refractivity contribution in [1.29, 1.82) is 0 Å². The molecule has 1 aromatic heterocycles. The van der Waals surface area contributed by atoms with Gasteiger partial charge in [-0.2, -0.15) is 5.10 Å². The molecule has 1 unspecified atom stereocenters. The molecule has 134 valence electrons. The van der Waals surface area contributed by atoms with Crippen molar-refractivity contribution in [2.24, 2.45) is 0 Å². The Labute approximate surface area is 148 Å². The molecule has 1 aliphatic rings. The molecular weight excluding hydrogens is 316 g/mol. The highest BCUT2D eigenvalue weighted by molar-refractivity contribution is 5.76. The minimum Gasteiger partial charge on any atom is -0.497 e. The molecule has 0 radical (unpaired) electrons. The van der Waals surface area contributed by atoms with Crippen molar-refractivity contribution in [2.45, 2.75) is 38.8 Å². The van der Waals surface area contributed by atoms with Crippen LogP contribution < -0.4 is 15.0 Å². The lowest BCUT2D eigenvalue weighted by Gasteiger charge is -2.35. The molecule has 2 aromatic rings. The fraction of sp³-hybridized carbons (Fsp3) is 0.474. The molecular formula is C19H26N4O2. The number of nitrogens with zero attached hydrogens (tertiary/aromatic N) is 3. The predicted octanol–water partition coefficient (Wildman–Crippen LogP) is 2.38. The average Bonchev–Trinajstić information content (AvgIpc) is 3.06. The first kappa shape index (κ1) is 17.3. The molecule has 0 aliphatic carbocycles. The average molecular weight is 342 g/mol. The third-order valence-electron chi connectivity index (χ3n) is 4.54. The highest BCUT2D eigenvalue weighted by Gasteiger charge is 2.21. The first-order valence-corrected chi connectivity index (χ1v) is 8.81. The molecule has 25 heavy (non-hydrogen) atoms. The highest BCUT2D eigenvalue weighted by atomic mass is 16.5. The molecule has 0 spiro atoms. The van der Waals surface area contributed by atoms with Crippen molar-refractivity contribution in [1.82, 2.24) is 15.1 Å². The van der Waals surface area contributed by atoms with Gasteiger partial charge in [0.25, 0.3) is 0 Å². The second-order valence-corrected chi connectivity index (χ2v) is 6.58. The van der Waals surface area contributed by atoms with Crippen LogP contribution in [0.2, 0.25) is 0 Å². The monoisotopic (exact) mass is 342 g/mol. The highest BCUT2D eigenvalue weighted by Crippen LogP contribution is 2.24. The van der Waals surface area contributed by atoms with Gasteiger partial charge in [-0.3, -0.25) is 9.48 Å². The van der Waals surface area contributed by atoms with E-state index in [1.165, 1.54) is 0 Å². The molecule has 1 saturated heterocycles. The standard InChI is InChI=1S/C19H26N4O2/c1-15-12-20-23(13-15)10-8-19(24)21-16-5-4-9-22(14-16)17-6-3-7-18(11-17)25-2/h3,6-7,11-13,16H,4-5,8-10,14H2,1-2H3,(H,21,24). The summed E-state index contributed by atoms with van der Waals surface area (Å²) in [7, 11) is 1.68. The summed E-state index contributed by atoms with van der Waals surface area (Å²) in [5.41, 5.74) is 2.26. The van der Waals surface area contributed by atoms with Gasteiger partial charge < -0.3 is 15.0 Å². The number of hydrogen-bond donors (Lipinski definition) is 1. The van der Waals surface area contributed by atoms with Gasteiger partial charge in [-0.15, -0.1) is 0 Å². The number of amides is 1. The maximum absolute atomic E-state index is 12.2. The smallest absolute Gasteiger partial charge is 0.222 e. The Bertz CT molecular complexity index is 713. The number of hydrogen-bond acceptors (Lipinski definition) is 4. The summed E-state index contributed by atoms with van der Waals surface area (Å²) in [6, 6.07) is 8.27. The van der Waals surface area contributed by atoms with Gasteiger partial charge in [-0.1, -0.05) is 6.07 Å². The van der Waals surface area contributed by atoms with Gasteiger partial charge in [0.1, 0.15) is 5.75 Å². The van der Waals surface area contributed by atoms with E-state index in [1.807, 2.05) is 42.2 Å². The minimum atomic E-state index is 0.0886. The van der Waals surface area contributed by atoms with Crippen LogP contribution in [0.25, 0.3) is 0 Å². The second kappa shape index (κ2) is 8.05. The van der Waals surface area contributed by atoms with Crippen LogP contribution in [0.4, 0.5) is 5.69 Å². The molecule has 1 fully saturated rings. The number of nitrogens with one attached hydrogen (secondary N) is 1. The van der Waals surface area contributed by atoms with Crippen LogP contribution in [0.3, 0.4) is 0 Å². The fourth-order valence-corrected chi connectivity index (χ4v) is 3.24. The molecule has 2 heterocycles. The van der Waals surface area contributed by atoms with Gasteiger partial charge in [0.05, 0.1) is 13.3 Å². The van der Waals surface area contributed by atoms with Crippen molar-refractivity contribution < 1.29 is 9.53 Å². The quantitative estimate of drug-likeness (QED) is 0.876. The van der Waals surface area contributed by atoms with Crippen molar-refractivity contribution in [2.75, 3.05) is 25.1 Å². The lowest BCUT2D eigenvalue weighted by molar-refractivity contribution is -0.122. The number of benzene rings is 1. The summed E-state index contributed by atoms with van der Waals surface area (Å²) < 4.78 is 7.13. The second-order valence-electron chi connectivity index (χ2n) is 6.58. The Hall–Kier alpha value is -2.50. The Balaban J connectivity index is 1.51. The summed E-state index contributed by atoms with van der Waals surface area (Å²) in [4.78, 5) is 14.6. The SMILES string of the molecule is COc1cccc(N2CCCC(NC(=O)CCn3cc(C)cn3)C2)c1. The number of anilines is 1. The molecule has 0 saturated carbocycles. The Morgan fingerprint density at radius 1 is 1.44 bits per heavy atom. The molecule has 3 rings (SSSR count). The Morgan fingerprint density at radius 2 is 2.32 bits per heavy atom. The predicted molar refractivity (Wildman–Crippen MR) is 98.0 cm³/mol. The third-order valence-corrected chi connectivity index (χ3v) is 4.54. The number of aromatic nitrogens is 2. The van der Waals surface area contributed by atoms with E-state index in [1.54, 1.807) is 7.11 Å². The van der Waals surface area contributed by atoms with E-state index >= 15 is 0 Å². The van der Waals surface area contributed by atoms with E-state index < -0.39 is 0 Å². The molecule has 1 atom stereocenters. The van der Waals surface area contributed by atoms with Gasteiger partial charge in [0.2, 0.25) is 5.91 Å². The molecule has 6 heteroatoms. The third kappa shape index (κ3) is 4.75. The van der Waals surface area contributed by atoms with Crippen LogP contribution in [0.15, 0.2) is 36.7 Å². The van der Waals surface area contributed by atoms with Crippen molar-refractivity contribution in [3.05, 3.63) is 42.2 Å². The van der Waals surface area contributed by atoms with Crippen molar-refractivity contribution in [3.63, 3.8) is 0 Å². The van der Waals surface area contributed by atoms with E-state index in [9.17, 15) is 4.79 Å². The first-order chi connectivity index (χ1) is 12.1. The number of ether oxygens (including phenoxy) is 1. The van der Waals surface area contributed by atoms with Gasteiger partial charge in [0.15, 0.2) is 0 Å². The van der Waals surface area contributed by atoms with Crippen LogP contribution in [0.5, 0.6) is 5.75 Å². The summed E-state index contributed by atoms with van der Waals surface area (Å²) in [5, 5.41) is 7.39. The molecule has 1 aromatic carbocycles. The number of methoxy groups -OCH3 is 1. The maximum Gasteiger partial charge on any atom is 0.222 e. The topological polar surface area (TPSA) is 59.4 Å². The van der Waals surface area contributed by atoms with Gasteiger partial charge >= 0.3 is 0 Å². The minimum absolute atomic E-state index is 0.0886. The van der Waals surface area contributed by atoms with Crippen LogP contribution >= 0.6 is 0 Å². The molecule has 1 N–H and O–H groups in total. The number of piperidine rings is 1. The largest absolute Gasteiger partial charge is 0.497 e. The fourth-order valence-electron chi connectivity index (χ4n) is 3.24. The molecule has 1 amide bonds. The lowest BCUT2D eigenvalue weighted by atomic mass is 10.0. The normalized spacial score (nSPS) is 17.4. The van der Waals surface area contributed by atoms with Gasteiger partial charge in [-0.05, 0) is 37.5 Å². The van der Waals surface area contributed by atoms with E-state index in [4.69, 9.17) is 4.74 Å². The summed E-state index contributed by atoms with van der Waals surface area (Å²) in [6.07, 6.45) is 6.31. The summed E-state index contributed by atoms with van der Waals surface area (Å²) in [6.45, 7) is 4.46. The van der Waals surface area contributed by atoms with Gasteiger partial charge in [-0.25, -0.2) is 0 Å². The zero-order valence-electron chi connectivity index (χ0n) is 14.9. The first-order valence-electron chi connectivity index (χ1n) is 8.81. The van der Waals surface area contributed by atoms with Crippen molar-refractivity contribution in [3.8, 4) is 5.75 Å². The van der Waals surface area contributed by atoms with Crippen LogP contribution in [-0.2, 0) is 11.3 Å². The van der Waals surface area contributed by atoms with E-state index in [0.717, 1.165) is 42.9 Å². The number of carbonyl (C=O) groups is 1. The zero-order chi connectivity index (χ0) is 17.6. The van der Waals surface area contributed by atoms with E-state index in [2.05, 4.69) is 21.4 Å². The van der Waals surface area contributed by atoms with Crippen LogP contribution in [-0.4, -0.2) is 41.9 Å². The summed E-state index contributed by atoms with van der Waals surface area (Å²) >= 11 is 0. The van der Waals surface area contributed by atoms with Crippen LogP contribution in [0, 0.1) is 6.92 Å². The van der Waals surface area contributed by atoms with Crippen molar-refractivity contribution >= 4 is 11.6 Å². The Kier molecular flexibility index (Phi) is 5.58. The zero-order valence-corrected chi connectivity index (χ0v) is 14.9. The maximum atomic E-state index is 12.2. The summed E-state index contributed by atoms with van der Waals surface area (Å²) in [5.74, 6) is 0.948. The Morgan fingerprint density at radius 3 is 3.08 bits per heavy atom.